The number of hydrogen-bond acceptors (Lipinski definition) is 3. The number of nitro groups is 1. The zero-order valence-electron chi connectivity index (χ0n) is 6.38. The molecule has 0 bridgehead atoms. The van der Waals surface area contributed by atoms with Crippen molar-refractivity contribution < 1.29 is 18.3 Å². The van der Waals surface area contributed by atoms with Gasteiger partial charge in [0.1, 0.15) is 0 Å². The van der Waals surface area contributed by atoms with E-state index in [0.717, 1.165) is 6.07 Å². The van der Waals surface area contributed by atoms with Gasteiger partial charge in [-0.1, -0.05) is 8.96 Å². The molecule has 0 saturated heterocycles. The Balaban J connectivity index is 3.32. The monoisotopic (exact) mass is 270 g/mol. The SMILES string of the molecule is O=[N+]([O-])c1cc(F)c(N(F)F)c(Br)c1. The zero-order chi connectivity index (χ0) is 10.9. The lowest BCUT2D eigenvalue weighted by molar-refractivity contribution is -0.385. The lowest BCUT2D eigenvalue weighted by atomic mass is 10.3. The van der Waals surface area contributed by atoms with Crippen molar-refractivity contribution in [2.24, 2.45) is 0 Å². The van der Waals surface area contributed by atoms with E-state index < -0.39 is 27.5 Å². The van der Waals surface area contributed by atoms with Crippen LogP contribution in [0.1, 0.15) is 0 Å². The van der Waals surface area contributed by atoms with Crippen LogP contribution in [0.3, 0.4) is 0 Å². The first kappa shape index (κ1) is 10.8. The molecule has 0 unspecified atom stereocenters. The van der Waals surface area contributed by atoms with Gasteiger partial charge in [-0.25, -0.2) is 4.39 Å². The van der Waals surface area contributed by atoms with E-state index in [1.807, 2.05) is 0 Å². The molecule has 0 heterocycles. The van der Waals surface area contributed by atoms with E-state index >= 15 is 0 Å². The molecule has 0 aliphatic heterocycles. The summed E-state index contributed by atoms with van der Waals surface area (Å²) < 4.78 is 36.5. The van der Waals surface area contributed by atoms with Gasteiger partial charge in [-0.2, -0.15) is 0 Å². The van der Waals surface area contributed by atoms with Crippen LogP contribution in [0.15, 0.2) is 16.6 Å². The minimum atomic E-state index is -1.46. The Morgan fingerprint density at radius 2 is 2.00 bits per heavy atom. The molecule has 1 aromatic carbocycles. The van der Waals surface area contributed by atoms with Crippen molar-refractivity contribution in [3.8, 4) is 0 Å². The standard InChI is InChI=1S/C6H2BrF3N2O2/c7-4-1-3(12(13)14)2-5(8)6(4)11(9)10/h1-2H. The lowest BCUT2D eigenvalue weighted by Gasteiger charge is -2.05. The molecule has 0 N–H and O–H groups in total. The molecule has 14 heavy (non-hydrogen) atoms. The van der Waals surface area contributed by atoms with Crippen molar-refractivity contribution in [2.45, 2.75) is 0 Å². The highest BCUT2D eigenvalue weighted by atomic mass is 79.9. The van der Waals surface area contributed by atoms with Crippen molar-refractivity contribution >= 4 is 27.3 Å². The fraction of sp³-hybridized carbons (Fsp3) is 0. The van der Waals surface area contributed by atoms with Gasteiger partial charge >= 0.3 is 0 Å². The minimum Gasteiger partial charge on any atom is -0.258 e. The number of nitrogens with zero attached hydrogens (tertiary/aromatic N) is 2. The van der Waals surface area contributed by atoms with Gasteiger partial charge in [0.2, 0.25) is 0 Å². The third kappa shape index (κ3) is 1.95. The number of nitro benzene ring substituents is 1. The predicted octanol–water partition coefficient (Wildman–Crippen LogP) is 3.07. The summed E-state index contributed by atoms with van der Waals surface area (Å²) >= 11 is 2.60. The molecule has 0 fully saturated rings. The van der Waals surface area contributed by atoms with Crippen LogP contribution < -0.4 is 5.34 Å². The number of benzene rings is 1. The molecule has 0 spiro atoms. The summed E-state index contributed by atoms with van der Waals surface area (Å²) in [4.78, 5) is 9.33. The van der Waals surface area contributed by atoms with Crippen LogP contribution in [-0.2, 0) is 0 Å². The van der Waals surface area contributed by atoms with Gasteiger partial charge in [-0.15, -0.1) is 0 Å². The summed E-state index contributed by atoms with van der Waals surface area (Å²) in [6, 6.07) is 1.22. The molecule has 0 aliphatic rings. The summed E-state index contributed by atoms with van der Waals surface area (Å²) in [5.41, 5.74) is -1.63. The first-order chi connectivity index (χ1) is 6.43. The maximum Gasteiger partial charge on any atom is 0.273 e. The van der Waals surface area contributed by atoms with Crippen LogP contribution in [0, 0.1) is 15.9 Å². The van der Waals surface area contributed by atoms with E-state index in [2.05, 4.69) is 15.9 Å². The van der Waals surface area contributed by atoms with Crippen molar-refractivity contribution in [2.75, 3.05) is 5.34 Å². The van der Waals surface area contributed by atoms with Gasteiger partial charge in [0, 0.05) is 6.07 Å². The van der Waals surface area contributed by atoms with Crippen molar-refractivity contribution in [3.05, 3.63) is 32.5 Å². The van der Waals surface area contributed by atoms with E-state index in [-0.39, 0.29) is 4.47 Å². The van der Waals surface area contributed by atoms with Gasteiger partial charge < -0.3 is 0 Å². The Bertz CT molecular complexity index is 362. The number of anilines is 1. The van der Waals surface area contributed by atoms with Crippen LogP contribution in [0.25, 0.3) is 0 Å². The van der Waals surface area contributed by atoms with Crippen LogP contribution in [0.4, 0.5) is 24.7 Å². The highest BCUT2D eigenvalue weighted by Crippen LogP contribution is 2.33. The van der Waals surface area contributed by atoms with E-state index in [1.165, 1.54) is 0 Å². The van der Waals surface area contributed by atoms with Crippen LogP contribution >= 0.6 is 15.9 Å². The van der Waals surface area contributed by atoms with E-state index in [9.17, 15) is 23.5 Å². The van der Waals surface area contributed by atoms with E-state index in [4.69, 9.17) is 0 Å². The fourth-order valence-electron chi connectivity index (χ4n) is 0.819. The average Bonchev–Trinajstić information content (AvgIpc) is 2.01. The molecule has 0 atom stereocenters. The van der Waals surface area contributed by atoms with Crippen LogP contribution in [0.5, 0.6) is 0 Å². The maximum atomic E-state index is 12.9. The second-order valence-electron chi connectivity index (χ2n) is 2.25. The van der Waals surface area contributed by atoms with Gasteiger partial charge in [-0.05, 0) is 21.3 Å². The number of hydrogen-bond donors (Lipinski definition) is 0. The Morgan fingerprint density at radius 3 is 2.36 bits per heavy atom. The average molecular weight is 271 g/mol. The Kier molecular flexibility index (Phi) is 2.94. The van der Waals surface area contributed by atoms with E-state index in [1.54, 1.807) is 0 Å². The number of halogens is 4. The van der Waals surface area contributed by atoms with Gasteiger partial charge in [0.05, 0.1) is 15.5 Å². The normalized spacial score (nSPS) is 10.0. The number of rotatable bonds is 2. The summed E-state index contributed by atoms with van der Waals surface area (Å²) in [5.74, 6) is -1.36. The molecule has 76 valence electrons. The molecular weight excluding hydrogens is 269 g/mol. The summed E-state index contributed by atoms with van der Waals surface area (Å²) in [5, 5.41) is 8.75. The molecule has 1 aromatic rings. The van der Waals surface area contributed by atoms with E-state index in [0.29, 0.717) is 6.07 Å². The lowest BCUT2D eigenvalue weighted by Crippen LogP contribution is -2.01. The third-order valence-corrected chi connectivity index (χ3v) is 1.99. The van der Waals surface area contributed by atoms with Crippen molar-refractivity contribution in [1.82, 2.24) is 0 Å². The molecule has 1 rings (SSSR count). The third-order valence-electron chi connectivity index (χ3n) is 1.38. The number of non-ortho nitro benzene ring substituents is 1. The highest BCUT2D eigenvalue weighted by Gasteiger charge is 2.20. The zero-order valence-corrected chi connectivity index (χ0v) is 7.96. The van der Waals surface area contributed by atoms with Crippen LogP contribution in [0.2, 0.25) is 0 Å². The Morgan fingerprint density at radius 1 is 1.43 bits per heavy atom. The second kappa shape index (κ2) is 3.82. The molecule has 0 radical (unpaired) electrons. The molecular formula is C6H2BrF3N2O2. The maximum absolute atomic E-state index is 12.9. The van der Waals surface area contributed by atoms with Crippen molar-refractivity contribution in [1.29, 1.82) is 0 Å². The molecule has 0 aromatic heterocycles. The summed E-state index contributed by atoms with van der Waals surface area (Å²) in [7, 11) is 0. The quantitative estimate of drug-likeness (QED) is 0.471. The minimum absolute atomic E-state index is 0.380. The second-order valence-corrected chi connectivity index (χ2v) is 3.10. The van der Waals surface area contributed by atoms with Crippen LogP contribution in [-0.4, -0.2) is 4.92 Å². The molecule has 0 aliphatic carbocycles. The first-order valence-electron chi connectivity index (χ1n) is 3.18. The van der Waals surface area contributed by atoms with Gasteiger partial charge in [-0.3, -0.25) is 10.1 Å². The summed E-state index contributed by atoms with van der Waals surface area (Å²) in [6.07, 6.45) is 0. The largest absolute Gasteiger partial charge is 0.273 e. The first-order valence-corrected chi connectivity index (χ1v) is 3.98. The van der Waals surface area contributed by atoms with Gasteiger partial charge in [0.25, 0.3) is 5.69 Å². The predicted molar refractivity (Wildman–Crippen MR) is 45.4 cm³/mol. The smallest absolute Gasteiger partial charge is 0.258 e. The molecule has 0 saturated carbocycles. The molecule has 4 nitrogen and oxygen atoms in total. The highest BCUT2D eigenvalue weighted by molar-refractivity contribution is 9.10. The topological polar surface area (TPSA) is 46.4 Å². The Hall–Kier alpha value is -1.31. The van der Waals surface area contributed by atoms with Crippen molar-refractivity contribution in [3.63, 3.8) is 0 Å². The molecule has 8 heteroatoms. The van der Waals surface area contributed by atoms with Gasteiger partial charge in [0.15, 0.2) is 11.5 Å². The molecule has 0 amide bonds. The fourth-order valence-corrected chi connectivity index (χ4v) is 1.38. The Labute approximate surface area is 84.1 Å². The summed E-state index contributed by atoms with van der Waals surface area (Å²) in [6.45, 7) is 0.